The van der Waals surface area contributed by atoms with E-state index in [1.165, 1.54) is 25.3 Å². The second-order valence-electron chi connectivity index (χ2n) is 8.14. The maximum absolute atomic E-state index is 12.8. The first-order valence-corrected chi connectivity index (χ1v) is 11.1. The van der Waals surface area contributed by atoms with Gasteiger partial charge in [-0.1, -0.05) is 12.1 Å². The molecular weight excluding hydrogens is 476 g/mol. The summed E-state index contributed by atoms with van der Waals surface area (Å²) in [6.45, 7) is 1.01. The van der Waals surface area contributed by atoms with Crippen LogP contribution in [-0.2, 0) is 11.3 Å². The molecule has 10 heteroatoms. The lowest BCUT2D eigenvalue weighted by Gasteiger charge is -2.27. The summed E-state index contributed by atoms with van der Waals surface area (Å²) in [6, 6.07) is 12.8. The molecule has 1 aliphatic rings. The summed E-state index contributed by atoms with van der Waals surface area (Å²) in [7, 11) is 1.26. The number of ketones is 1. The molecule has 3 aromatic rings. The summed E-state index contributed by atoms with van der Waals surface area (Å²) < 4.78 is 53.3. The molecule has 0 unspecified atom stereocenters. The Labute approximate surface area is 206 Å². The van der Waals surface area contributed by atoms with E-state index in [1.807, 2.05) is 42.7 Å². The van der Waals surface area contributed by atoms with Crippen LogP contribution in [0, 0.1) is 13.8 Å². The fourth-order valence-corrected chi connectivity index (χ4v) is 4.00. The van der Waals surface area contributed by atoms with Crippen molar-refractivity contribution in [1.82, 2.24) is 4.57 Å². The Hall–Kier alpha value is -4.08. The lowest BCUT2D eigenvalue weighted by molar-refractivity contribution is -0.0512. The second-order valence-corrected chi connectivity index (χ2v) is 8.14. The number of fused-ring (bicyclic) bond motifs is 1. The van der Waals surface area contributed by atoms with Gasteiger partial charge in [-0.05, 0) is 50.2 Å². The molecule has 0 amide bonds. The third-order valence-corrected chi connectivity index (χ3v) is 5.78. The molecule has 1 aliphatic heterocycles. The predicted octanol–water partition coefficient (Wildman–Crippen LogP) is 4.59. The Morgan fingerprint density at radius 1 is 1.08 bits per heavy atom. The number of benzene rings is 2. The third kappa shape index (κ3) is 5.42. The van der Waals surface area contributed by atoms with Gasteiger partial charge in [0, 0.05) is 17.0 Å². The maximum Gasteiger partial charge on any atom is 0.387 e. The van der Waals surface area contributed by atoms with Gasteiger partial charge in [-0.15, -0.1) is 0 Å². The molecule has 8 nitrogen and oxygen atoms in total. The van der Waals surface area contributed by atoms with Crippen LogP contribution in [0.4, 0.5) is 8.78 Å². The van der Waals surface area contributed by atoms with Crippen LogP contribution in [-0.4, -0.2) is 49.4 Å². The van der Waals surface area contributed by atoms with Gasteiger partial charge in [-0.2, -0.15) is 8.78 Å². The van der Waals surface area contributed by atoms with Crippen molar-refractivity contribution in [3.63, 3.8) is 0 Å². The van der Waals surface area contributed by atoms with Crippen LogP contribution in [0.3, 0.4) is 0 Å². The van der Waals surface area contributed by atoms with E-state index in [0.29, 0.717) is 35.9 Å². The Morgan fingerprint density at radius 2 is 1.83 bits per heavy atom. The third-order valence-electron chi connectivity index (χ3n) is 5.78. The van der Waals surface area contributed by atoms with Crippen molar-refractivity contribution in [1.29, 1.82) is 0 Å². The first-order valence-electron chi connectivity index (χ1n) is 11.1. The van der Waals surface area contributed by atoms with Gasteiger partial charge in [0.2, 0.25) is 5.78 Å². The number of alkyl halides is 2. The molecule has 0 saturated carbocycles. The second kappa shape index (κ2) is 10.7. The number of aromatic nitrogens is 1. The van der Waals surface area contributed by atoms with Crippen LogP contribution < -0.4 is 18.9 Å². The first-order chi connectivity index (χ1) is 17.3. The Kier molecular flexibility index (Phi) is 7.42. The zero-order valence-corrected chi connectivity index (χ0v) is 20.0. The molecule has 0 fully saturated rings. The number of methoxy groups -OCH3 is 1. The SMILES string of the molecule is COc1cc(C(=O)OCC(=O)c2cc(C)n(C[C@H]3COc4ccccc4O3)c2C)ccc1OC(F)F. The molecule has 1 atom stereocenters. The number of aryl methyl sites for hydroxylation is 1. The van der Waals surface area contributed by atoms with Crippen molar-refractivity contribution in [3.05, 3.63) is 71.0 Å². The first kappa shape index (κ1) is 25.0. The summed E-state index contributed by atoms with van der Waals surface area (Å²) >= 11 is 0. The molecule has 2 heterocycles. The van der Waals surface area contributed by atoms with Crippen LogP contribution in [0.25, 0.3) is 0 Å². The monoisotopic (exact) mass is 501 g/mol. The minimum Gasteiger partial charge on any atom is -0.493 e. The van der Waals surface area contributed by atoms with Crippen molar-refractivity contribution in [3.8, 4) is 23.0 Å². The van der Waals surface area contributed by atoms with E-state index in [4.69, 9.17) is 18.9 Å². The largest absolute Gasteiger partial charge is 0.493 e. The highest BCUT2D eigenvalue weighted by Gasteiger charge is 2.24. The molecule has 0 N–H and O–H groups in total. The molecule has 4 rings (SSSR count). The topological polar surface area (TPSA) is 85.2 Å². The Balaban J connectivity index is 1.39. The Bertz CT molecular complexity index is 1270. The number of esters is 1. The van der Waals surface area contributed by atoms with E-state index < -0.39 is 19.2 Å². The number of para-hydroxylation sites is 2. The highest BCUT2D eigenvalue weighted by Crippen LogP contribution is 2.32. The fraction of sp³-hybridized carbons (Fsp3) is 0.308. The van der Waals surface area contributed by atoms with E-state index in [0.717, 1.165) is 5.69 Å². The summed E-state index contributed by atoms with van der Waals surface area (Å²) in [5.74, 6) is -0.0884. The summed E-state index contributed by atoms with van der Waals surface area (Å²) in [4.78, 5) is 25.3. The standard InChI is InChI=1S/C26H25F2NO7/c1-15-10-19(16(2)29(15)12-18-13-33-21-6-4-5-7-22(21)35-18)20(30)14-34-25(31)17-8-9-23(36-26(27)28)24(11-17)32-3/h4-11,18,26H,12-14H2,1-3H3/t18-/m0/s1. The van der Waals surface area contributed by atoms with Gasteiger partial charge >= 0.3 is 12.6 Å². The van der Waals surface area contributed by atoms with Crippen molar-refractivity contribution < 1.29 is 42.1 Å². The number of hydrogen-bond acceptors (Lipinski definition) is 7. The van der Waals surface area contributed by atoms with Crippen LogP contribution in [0.1, 0.15) is 32.1 Å². The van der Waals surface area contributed by atoms with E-state index >= 15 is 0 Å². The van der Waals surface area contributed by atoms with Crippen molar-refractivity contribution in [2.75, 3.05) is 20.3 Å². The normalized spacial score (nSPS) is 14.4. The minimum absolute atomic E-state index is 0.0291. The van der Waals surface area contributed by atoms with E-state index in [-0.39, 0.29) is 28.9 Å². The maximum atomic E-state index is 12.8. The zero-order valence-electron chi connectivity index (χ0n) is 20.0. The molecule has 36 heavy (non-hydrogen) atoms. The Morgan fingerprint density at radius 3 is 2.56 bits per heavy atom. The van der Waals surface area contributed by atoms with Crippen LogP contribution in [0.2, 0.25) is 0 Å². The van der Waals surface area contributed by atoms with Crippen molar-refractivity contribution in [2.45, 2.75) is 33.1 Å². The molecule has 0 aliphatic carbocycles. The number of hydrogen-bond donors (Lipinski definition) is 0. The number of Topliss-reactive ketones (excluding diaryl/α,β-unsaturated/α-hetero) is 1. The van der Waals surface area contributed by atoms with E-state index in [2.05, 4.69) is 4.74 Å². The van der Waals surface area contributed by atoms with Crippen molar-refractivity contribution in [2.24, 2.45) is 0 Å². The van der Waals surface area contributed by atoms with Crippen molar-refractivity contribution >= 4 is 11.8 Å². The number of halogens is 2. The quantitative estimate of drug-likeness (QED) is 0.313. The van der Waals surface area contributed by atoms with E-state index in [1.54, 1.807) is 6.07 Å². The molecular formula is C26H25F2NO7. The molecule has 0 spiro atoms. The lowest BCUT2D eigenvalue weighted by Crippen LogP contribution is -2.33. The molecule has 0 bridgehead atoms. The van der Waals surface area contributed by atoms with Gasteiger partial charge in [-0.25, -0.2) is 4.79 Å². The van der Waals surface area contributed by atoms with Gasteiger partial charge in [-0.3, -0.25) is 4.79 Å². The number of carbonyl (C=O) groups excluding carboxylic acids is 2. The summed E-state index contributed by atoms with van der Waals surface area (Å²) in [5, 5.41) is 0. The molecule has 1 aromatic heterocycles. The summed E-state index contributed by atoms with van der Waals surface area (Å²) in [6.07, 6.45) is -0.238. The zero-order chi connectivity index (χ0) is 25.8. The number of nitrogens with zero attached hydrogens (tertiary/aromatic N) is 1. The predicted molar refractivity (Wildman–Crippen MR) is 124 cm³/mol. The fourth-order valence-electron chi connectivity index (χ4n) is 4.00. The highest BCUT2D eigenvalue weighted by molar-refractivity contribution is 6.00. The molecule has 2 aromatic carbocycles. The lowest BCUT2D eigenvalue weighted by atomic mass is 10.1. The van der Waals surface area contributed by atoms with Gasteiger partial charge in [0.05, 0.1) is 19.2 Å². The average Bonchev–Trinajstić information content (AvgIpc) is 3.15. The minimum atomic E-state index is -3.04. The average molecular weight is 501 g/mol. The van der Waals surface area contributed by atoms with Crippen LogP contribution in [0.5, 0.6) is 23.0 Å². The van der Waals surface area contributed by atoms with E-state index in [9.17, 15) is 18.4 Å². The summed E-state index contributed by atoms with van der Waals surface area (Å²) in [5.41, 5.74) is 2.02. The number of ether oxygens (including phenoxy) is 5. The number of rotatable bonds is 9. The van der Waals surface area contributed by atoms with Gasteiger partial charge < -0.3 is 28.3 Å². The molecule has 0 saturated heterocycles. The van der Waals surface area contributed by atoms with Crippen LogP contribution >= 0.6 is 0 Å². The smallest absolute Gasteiger partial charge is 0.387 e. The van der Waals surface area contributed by atoms with Gasteiger partial charge in [0.15, 0.2) is 35.7 Å². The number of carbonyl (C=O) groups is 2. The molecule has 190 valence electrons. The van der Waals surface area contributed by atoms with Gasteiger partial charge in [0.25, 0.3) is 0 Å². The highest BCUT2D eigenvalue weighted by atomic mass is 19.3. The van der Waals surface area contributed by atoms with Crippen LogP contribution in [0.15, 0.2) is 48.5 Å². The molecule has 0 radical (unpaired) electrons. The van der Waals surface area contributed by atoms with Gasteiger partial charge in [0.1, 0.15) is 6.61 Å².